The average Bonchev–Trinajstić information content (AvgIpc) is 2.71. The lowest BCUT2D eigenvalue weighted by Crippen LogP contribution is -2.35. The van der Waals surface area contributed by atoms with E-state index in [4.69, 9.17) is 0 Å². The van der Waals surface area contributed by atoms with Crippen molar-refractivity contribution in [3.05, 3.63) is 80.0 Å². The number of carbonyl (C=O) groups excluding carboxylic acids is 1. The highest BCUT2D eigenvalue weighted by Crippen LogP contribution is 2.10. The lowest BCUT2D eigenvalue weighted by Gasteiger charge is -2.08. The number of H-pyrrole nitrogens is 1. The third-order valence-corrected chi connectivity index (χ3v) is 5.05. The smallest absolute Gasteiger partial charge is 0.328 e. The fraction of sp³-hybridized carbons (Fsp3) is 0.348. The Bertz CT molecular complexity index is 1110. The van der Waals surface area contributed by atoms with Gasteiger partial charge in [-0.3, -0.25) is 14.2 Å². The Morgan fingerprint density at radius 2 is 1.83 bits per heavy atom. The molecule has 0 aliphatic rings. The quantitative estimate of drug-likeness (QED) is 0.577. The molecule has 0 bridgehead atoms. The van der Waals surface area contributed by atoms with Crippen molar-refractivity contribution in [1.29, 1.82) is 0 Å². The Kier molecular flexibility index (Phi) is 6.65. The summed E-state index contributed by atoms with van der Waals surface area (Å²) in [7, 11) is 0. The number of benzene rings is 2. The fourth-order valence-electron chi connectivity index (χ4n) is 3.30. The van der Waals surface area contributed by atoms with Crippen LogP contribution < -0.4 is 16.6 Å². The van der Waals surface area contributed by atoms with Gasteiger partial charge < -0.3 is 10.3 Å². The number of aromatic amines is 1. The average molecular weight is 393 g/mol. The van der Waals surface area contributed by atoms with Gasteiger partial charge in [0.2, 0.25) is 0 Å². The molecule has 0 spiro atoms. The van der Waals surface area contributed by atoms with E-state index < -0.39 is 5.69 Å². The van der Waals surface area contributed by atoms with Crippen LogP contribution in [0.4, 0.5) is 0 Å². The van der Waals surface area contributed by atoms with Gasteiger partial charge in [-0.2, -0.15) is 0 Å². The second kappa shape index (κ2) is 9.37. The van der Waals surface area contributed by atoms with Crippen LogP contribution in [0.3, 0.4) is 0 Å². The summed E-state index contributed by atoms with van der Waals surface area (Å²) in [6.07, 6.45) is 3.50. The van der Waals surface area contributed by atoms with E-state index >= 15 is 0 Å². The molecule has 3 aromatic rings. The molecule has 1 heterocycles. The van der Waals surface area contributed by atoms with Crippen LogP contribution in [0, 0.1) is 6.92 Å². The first-order chi connectivity index (χ1) is 14.0. The Morgan fingerprint density at radius 3 is 2.55 bits per heavy atom. The monoisotopic (exact) mass is 393 g/mol. The molecule has 2 aromatic carbocycles. The van der Waals surface area contributed by atoms with Crippen molar-refractivity contribution < 1.29 is 4.79 Å². The second-order valence-electron chi connectivity index (χ2n) is 7.35. The zero-order chi connectivity index (χ0) is 20.8. The molecule has 152 valence electrons. The summed E-state index contributed by atoms with van der Waals surface area (Å²) in [5, 5.41) is 3.30. The summed E-state index contributed by atoms with van der Waals surface area (Å²) in [5.41, 5.74) is 2.41. The molecule has 6 heteroatoms. The molecule has 0 saturated carbocycles. The first kappa shape index (κ1) is 20.6. The molecule has 0 atom stereocenters. The Hall–Kier alpha value is -3.15. The standard InChI is InChI=1S/C23H27N3O3/c1-3-4-5-14-26-22(28)19-11-10-18(15-20(19)25-23(26)29)21(27)24-13-12-17-8-6-16(2)7-9-17/h6-11,15H,3-5,12-14H2,1-2H3,(H,24,27)(H,25,29). The highest BCUT2D eigenvalue weighted by atomic mass is 16.2. The van der Waals surface area contributed by atoms with E-state index in [0.29, 0.717) is 29.6 Å². The molecule has 0 unspecified atom stereocenters. The van der Waals surface area contributed by atoms with Crippen LogP contribution in [-0.4, -0.2) is 22.0 Å². The number of unbranched alkanes of at least 4 members (excludes halogenated alkanes) is 2. The van der Waals surface area contributed by atoms with Crippen LogP contribution >= 0.6 is 0 Å². The maximum absolute atomic E-state index is 12.6. The third-order valence-electron chi connectivity index (χ3n) is 5.05. The van der Waals surface area contributed by atoms with Crippen molar-refractivity contribution in [3.63, 3.8) is 0 Å². The van der Waals surface area contributed by atoms with Crippen molar-refractivity contribution in [2.24, 2.45) is 0 Å². The molecule has 0 aliphatic carbocycles. The van der Waals surface area contributed by atoms with Crippen LogP contribution in [0.15, 0.2) is 52.1 Å². The van der Waals surface area contributed by atoms with E-state index in [1.54, 1.807) is 18.2 Å². The topological polar surface area (TPSA) is 84.0 Å². The van der Waals surface area contributed by atoms with Gasteiger partial charge in [0.25, 0.3) is 11.5 Å². The van der Waals surface area contributed by atoms with E-state index in [-0.39, 0.29) is 11.5 Å². The Labute approximate surface area is 169 Å². The fourth-order valence-corrected chi connectivity index (χ4v) is 3.30. The SMILES string of the molecule is CCCCCn1c(=O)[nH]c2cc(C(=O)NCCc3ccc(C)cc3)ccc2c1=O. The maximum atomic E-state index is 12.6. The number of carbonyl (C=O) groups is 1. The van der Waals surface area contributed by atoms with Gasteiger partial charge in [-0.1, -0.05) is 49.6 Å². The lowest BCUT2D eigenvalue weighted by atomic mass is 10.1. The summed E-state index contributed by atoms with van der Waals surface area (Å²) in [5.74, 6) is -0.230. The van der Waals surface area contributed by atoms with Crippen LogP contribution in [0.5, 0.6) is 0 Å². The normalized spacial score (nSPS) is 11.0. The van der Waals surface area contributed by atoms with E-state index in [9.17, 15) is 14.4 Å². The number of amides is 1. The van der Waals surface area contributed by atoms with Crippen LogP contribution in [-0.2, 0) is 13.0 Å². The minimum absolute atomic E-state index is 0.230. The van der Waals surface area contributed by atoms with Gasteiger partial charge >= 0.3 is 5.69 Å². The summed E-state index contributed by atoms with van der Waals surface area (Å²) < 4.78 is 1.24. The number of nitrogens with one attached hydrogen (secondary N) is 2. The van der Waals surface area contributed by atoms with Gasteiger partial charge in [0.05, 0.1) is 10.9 Å². The molecule has 2 N–H and O–H groups in total. The minimum Gasteiger partial charge on any atom is -0.352 e. The Morgan fingerprint density at radius 1 is 1.07 bits per heavy atom. The predicted octanol–water partition coefficient (Wildman–Crippen LogP) is 3.16. The summed E-state index contributed by atoms with van der Waals surface area (Å²) >= 11 is 0. The van der Waals surface area contributed by atoms with Crippen molar-refractivity contribution in [1.82, 2.24) is 14.9 Å². The molecule has 0 radical (unpaired) electrons. The van der Waals surface area contributed by atoms with E-state index in [0.717, 1.165) is 31.2 Å². The molecule has 1 amide bonds. The third kappa shape index (κ3) is 5.02. The van der Waals surface area contributed by atoms with Gasteiger partial charge in [-0.25, -0.2) is 4.79 Å². The molecule has 6 nitrogen and oxygen atoms in total. The predicted molar refractivity (Wildman–Crippen MR) is 116 cm³/mol. The molecular weight excluding hydrogens is 366 g/mol. The number of rotatable bonds is 8. The summed E-state index contributed by atoms with van der Waals surface area (Å²) in [6.45, 7) is 5.02. The molecule has 0 saturated heterocycles. The second-order valence-corrected chi connectivity index (χ2v) is 7.35. The van der Waals surface area contributed by atoms with Crippen LogP contribution in [0.2, 0.25) is 0 Å². The first-order valence-corrected chi connectivity index (χ1v) is 10.1. The number of hydrogen-bond donors (Lipinski definition) is 2. The van der Waals surface area contributed by atoms with Gasteiger partial charge in [-0.15, -0.1) is 0 Å². The van der Waals surface area contributed by atoms with Gasteiger partial charge in [0.1, 0.15) is 0 Å². The van der Waals surface area contributed by atoms with Crippen molar-refractivity contribution in [2.75, 3.05) is 6.54 Å². The Balaban J connectivity index is 1.72. The van der Waals surface area contributed by atoms with Gasteiger partial charge in [-0.05, 0) is 43.5 Å². The molecule has 29 heavy (non-hydrogen) atoms. The zero-order valence-corrected chi connectivity index (χ0v) is 17.0. The number of aromatic nitrogens is 2. The first-order valence-electron chi connectivity index (χ1n) is 10.1. The number of fused-ring (bicyclic) bond motifs is 1. The highest BCUT2D eigenvalue weighted by molar-refractivity contribution is 5.97. The van der Waals surface area contributed by atoms with Crippen molar-refractivity contribution in [2.45, 2.75) is 46.1 Å². The number of hydrogen-bond acceptors (Lipinski definition) is 3. The van der Waals surface area contributed by atoms with E-state index in [1.807, 2.05) is 31.2 Å². The minimum atomic E-state index is -0.435. The van der Waals surface area contributed by atoms with E-state index in [1.165, 1.54) is 10.1 Å². The zero-order valence-electron chi connectivity index (χ0n) is 17.0. The molecular formula is C23H27N3O3. The molecule has 3 rings (SSSR count). The molecule has 0 fully saturated rings. The molecule has 0 aliphatic heterocycles. The van der Waals surface area contributed by atoms with E-state index in [2.05, 4.69) is 17.2 Å². The summed E-state index contributed by atoms with van der Waals surface area (Å²) in [4.78, 5) is 40.1. The number of aryl methyl sites for hydroxylation is 1. The van der Waals surface area contributed by atoms with Crippen LogP contribution in [0.25, 0.3) is 10.9 Å². The van der Waals surface area contributed by atoms with Gasteiger partial charge in [0.15, 0.2) is 0 Å². The lowest BCUT2D eigenvalue weighted by molar-refractivity contribution is 0.0954. The summed E-state index contributed by atoms with van der Waals surface area (Å²) in [6, 6.07) is 13.0. The maximum Gasteiger partial charge on any atom is 0.328 e. The van der Waals surface area contributed by atoms with Crippen LogP contribution in [0.1, 0.15) is 47.7 Å². The van der Waals surface area contributed by atoms with Crippen molar-refractivity contribution >= 4 is 16.8 Å². The van der Waals surface area contributed by atoms with Gasteiger partial charge in [0, 0.05) is 18.7 Å². The van der Waals surface area contributed by atoms with Crippen molar-refractivity contribution in [3.8, 4) is 0 Å². The number of nitrogens with zero attached hydrogens (tertiary/aromatic N) is 1. The highest BCUT2D eigenvalue weighted by Gasteiger charge is 2.11. The molecule has 1 aromatic heterocycles. The largest absolute Gasteiger partial charge is 0.352 e.